The number of benzene rings is 2. The van der Waals surface area contributed by atoms with Gasteiger partial charge in [0.15, 0.2) is 11.5 Å². The first kappa shape index (κ1) is 20.9. The van der Waals surface area contributed by atoms with E-state index in [-0.39, 0.29) is 17.2 Å². The first-order valence-corrected chi connectivity index (χ1v) is 9.74. The molecular formula is C21H22F2N4O4. The van der Waals surface area contributed by atoms with Crippen molar-refractivity contribution in [2.75, 3.05) is 38.2 Å². The zero-order valence-corrected chi connectivity index (χ0v) is 16.9. The molecule has 0 aliphatic carbocycles. The lowest BCUT2D eigenvalue weighted by Crippen LogP contribution is -2.46. The number of hydrogen-bond donors (Lipinski definition) is 1. The van der Waals surface area contributed by atoms with Gasteiger partial charge in [0.25, 0.3) is 0 Å². The molecule has 10 heteroatoms. The van der Waals surface area contributed by atoms with Crippen molar-refractivity contribution < 1.29 is 27.9 Å². The maximum atomic E-state index is 12.5. The van der Waals surface area contributed by atoms with Crippen molar-refractivity contribution >= 4 is 5.69 Å². The third-order valence-corrected chi connectivity index (χ3v) is 5.06. The molecule has 2 aromatic carbocycles. The topological polar surface area (TPSA) is 84.1 Å². The van der Waals surface area contributed by atoms with Crippen molar-refractivity contribution in [2.45, 2.75) is 13.2 Å². The Morgan fingerprint density at radius 3 is 2.58 bits per heavy atom. The Morgan fingerprint density at radius 1 is 1.10 bits per heavy atom. The molecule has 0 radical (unpaired) electrons. The molecule has 8 nitrogen and oxygen atoms in total. The van der Waals surface area contributed by atoms with Gasteiger partial charge in [0.2, 0.25) is 11.7 Å². The second-order valence-corrected chi connectivity index (χ2v) is 7.01. The van der Waals surface area contributed by atoms with E-state index in [1.165, 1.54) is 19.2 Å². The molecule has 0 bridgehead atoms. The lowest BCUT2D eigenvalue weighted by molar-refractivity contribution is -0.0512. The number of halogens is 2. The molecular weight excluding hydrogens is 410 g/mol. The number of methoxy groups -OCH3 is 1. The van der Waals surface area contributed by atoms with E-state index in [0.29, 0.717) is 23.8 Å². The van der Waals surface area contributed by atoms with Crippen molar-refractivity contribution in [3.63, 3.8) is 0 Å². The number of aromatic hydroxyl groups is 1. The van der Waals surface area contributed by atoms with Crippen LogP contribution in [-0.2, 0) is 6.54 Å². The summed E-state index contributed by atoms with van der Waals surface area (Å²) in [6.07, 6.45) is 0. The number of nitrogens with zero attached hydrogens (tertiary/aromatic N) is 4. The summed E-state index contributed by atoms with van der Waals surface area (Å²) in [4.78, 5) is 8.74. The third kappa shape index (κ3) is 4.85. The second-order valence-electron chi connectivity index (χ2n) is 7.01. The lowest BCUT2D eigenvalue weighted by Gasteiger charge is -2.35. The van der Waals surface area contributed by atoms with Crippen LogP contribution < -0.4 is 14.4 Å². The van der Waals surface area contributed by atoms with Crippen LogP contribution in [0.4, 0.5) is 14.5 Å². The Bertz CT molecular complexity index is 1020. The van der Waals surface area contributed by atoms with Crippen molar-refractivity contribution in [1.29, 1.82) is 0 Å². The predicted molar refractivity (Wildman–Crippen MR) is 109 cm³/mol. The maximum absolute atomic E-state index is 12.5. The van der Waals surface area contributed by atoms with Crippen molar-refractivity contribution in [2.24, 2.45) is 0 Å². The molecule has 0 atom stereocenters. The molecule has 164 valence electrons. The van der Waals surface area contributed by atoms with Gasteiger partial charge in [-0.05, 0) is 30.3 Å². The monoisotopic (exact) mass is 432 g/mol. The molecule has 1 saturated heterocycles. The van der Waals surface area contributed by atoms with Crippen molar-refractivity contribution in [1.82, 2.24) is 15.0 Å². The van der Waals surface area contributed by atoms with E-state index < -0.39 is 6.61 Å². The number of alkyl halides is 2. The van der Waals surface area contributed by atoms with Crippen molar-refractivity contribution in [3.8, 4) is 28.6 Å². The Labute approximate surface area is 177 Å². The highest BCUT2D eigenvalue weighted by Crippen LogP contribution is 2.33. The number of para-hydroxylation sites is 2. The number of piperazine rings is 1. The van der Waals surface area contributed by atoms with Gasteiger partial charge in [-0.15, -0.1) is 0 Å². The highest BCUT2D eigenvalue weighted by atomic mass is 19.3. The number of rotatable bonds is 7. The molecule has 1 N–H and O–H groups in total. The van der Waals surface area contributed by atoms with Crippen molar-refractivity contribution in [3.05, 3.63) is 48.4 Å². The fourth-order valence-electron chi connectivity index (χ4n) is 3.51. The molecule has 0 amide bonds. The number of aromatic nitrogens is 2. The number of anilines is 1. The standard InChI is InChI=1S/C21H22F2N4O4/c1-29-18-12-14(6-7-17(18)30-21(22)23)20-24-19(31-25-20)13-26-8-10-27(11-9-26)15-4-2-3-5-16(15)28/h2-7,12,21,28H,8-11,13H2,1H3. The van der Waals surface area contributed by atoms with Crippen LogP contribution in [0.3, 0.4) is 0 Å². The lowest BCUT2D eigenvalue weighted by atomic mass is 10.2. The fourth-order valence-corrected chi connectivity index (χ4v) is 3.51. The average molecular weight is 432 g/mol. The van der Waals surface area contributed by atoms with E-state index in [9.17, 15) is 13.9 Å². The summed E-state index contributed by atoms with van der Waals surface area (Å²) < 4.78 is 39.9. The van der Waals surface area contributed by atoms with Gasteiger partial charge in [-0.25, -0.2) is 0 Å². The molecule has 0 saturated carbocycles. The number of phenols is 1. The summed E-state index contributed by atoms with van der Waals surface area (Å²) in [5.74, 6) is 1.16. The zero-order chi connectivity index (χ0) is 21.8. The van der Waals surface area contributed by atoms with E-state index in [1.54, 1.807) is 18.2 Å². The van der Waals surface area contributed by atoms with Crippen LogP contribution in [0.5, 0.6) is 17.2 Å². The van der Waals surface area contributed by atoms with Gasteiger partial charge < -0.3 is 24.0 Å². The third-order valence-electron chi connectivity index (χ3n) is 5.06. The summed E-state index contributed by atoms with van der Waals surface area (Å²) in [6, 6.07) is 11.8. The smallest absolute Gasteiger partial charge is 0.387 e. The summed E-state index contributed by atoms with van der Waals surface area (Å²) in [5.41, 5.74) is 1.40. The molecule has 0 spiro atoms. The fraction of sp³-hybridized carbons (Fsp3) is 0.333. The number of phenolic OH excluding ortho intramolecular Hbond substituents is 1. The van der Waals surface area contributed by atoms with Crippen LogP contribution >= 0.6 is 0 Å². The molecule has 1 aliphatic heterocycles. The molecule has 0 unspecified atom stereocenters. The van der Waals surface area contributed by atoms with Gasteiger partial charge in [-0.3, -0.25) is 4.90 Å². The highest BCUT2D eigenvalue weighted by Gasteiger charge is 2.21. The van der Waals surface area contributed by atoms with E-state index >= 15 is 0 Å². The average Bonchev–Trinajstić information content (AvgIpc) is 3.23. The minimum Gasteiger partial charge on any atom is -0.506 e. The predicted octanol–water partition coefficient (Wildman–Crippen LogP) is 3.37. The molecule has 1 fully saturated rings. The minimum absolute atomic E-state index is 0.0627. The second kappa shape index (κ2) is 9.17. The highest BCUT2D eigenvalue weighted by molar-refractivity contribution is 5.61. The van der Waals surface area contributed by atoms with E-state index in [0.717, 1.165) is 31.9 Å². The van der Waals surface area contributed by atoms with Gasteiger partial charge >= 0.3 is 6.61 Å². The molecule has 1 aliphatic rings. The van der Waals surface area contributed by atoms with Crippen LogP contribution in [0.15, 0.2) is 47.0 Å². The Hall–Kier alpha value is -3.40. The van der Waals surface area contributed by atoms with Gasteiger partial charge in [-0.1, -0.05) is 17.3 Å². The summed E-state index contributed by atoms with van der Waals surface area (Å²) in [7, 11) is 1.37. The van der Waals surface area contributed by atoms with E-state index in [1.807, 2.05) is 12.1 Å². The normalized spacial score (nSPS) is 14.8. The number of hydrogen-bond acceptors (Lipinski definition) is 8. The molecule has 1 aromatic heterocycles. The van der Waals surface area contributed by atoms with Gasteiger partial charge in [0.05, 0.1) is 19.3 Å². The summed E-state index contributed by atoms with van der Waals surface area (Å²) in [6.45, 7) is 0.635. The van der Waals surface area contributed by atoms with Crippen LogP contribution in [0.1, 0.15) is 5.89 Å². The summed E-state index contributed by atoms with van der Waals surface area (Å²) >= 11 is 0. The van der Waals surface area contributed by atoms with Gasteiger partial charge in [0.1, 0.15) is 5.75 Å². The maximum Gasteiger partial charge on any atom is 0.387 e. The molecule has 2 heterocycles. The Balaban J connectivity index is 1.38. The Kier molecular flexibility index (Phi) is 6.17. The van der Waals surface area contributed by atoms with Gasteiger partial charge in [0, 0.05) is 31.7 Å². The first-order valence-electron chi connectivity index (χ1n) is 9.74. The first-order chi connectivity index (χ1) is 15.0. The molecule has 4 rings (SSSR count). The van der Waals surface area contributed by atoms with E-state index in [2.05, 4.69) is 24.7 Å². The Morgan fingerprint density at radius 2 is 1.87 bits per heavy atom. The largest absolute Gasteiger partial charge is 0.506 e. The van der Waals surface area contributed by atoms with Crippen LogP contribution in [0.25, 0.3) is 11.4 Å². The minimum atomic E-state index is -2.94. The quantitative estimate of drug-likeness (QED) is 0.609. The van der Waals surface area contributed by atoms with E-state index in [4.69, 9.17) is 9.26 Å². The van der Waals surface area contributed by atoms with Crippen LogP contribution in [0.2, 0.25) is 0 Å². The molecule has 3 aromatic rings. The summed E-state index contributed by atoms with van der Waals surface area (Å²) in [5, 5.41) is 14.0. The van der Waals surface area contributed by atoms with Crippen LogP contribution in [0, 0.1) is 0 Å². The SMILES string of the molecule is COc1cc(-c2noc(CN3CCN(c4ccccc4O)CC3)n2)ccc1OC(F)F. The molecule has 31 heavy (non-hydrogen) atoms. The number of ether oxygens (including phenoxy) is 2. The zero-order valence-electron chi connectivity index (χ0n) is 16.9. The van der Waals surface area contributed by atoms with Gasteiger partial charge in [-0.2, -0.15) is 13.8 Å². The van der Waals surface area contributed by atoms with Crippen LogP contribution in [-0.4, -0.2) is 60.0 Å².